The van der Waals surface area contributed by atoms with E-state index in [1.807, 2.05) is 6.07 Å². The van der Waals surface area contributed by atoms with Crippen molar-refractivity contribution in [1.29, 1.82) is 0 Å². The first kappa shape index (κ1) is 14.9. The molecule has 1 heterocycles. The van der Waals surface area contributed by atoms with Crippen molar-refractivity contribution in [3.63, 3.8) is 0 Å². The Kier molecular flexibility index (Phi) is 4.28. The molecular weight excluding hydrogens is 293 g/mol. The second-order valence-electron chi connectivity index (χ2n) is 5.93. The molecule has 1 saturated heterocycles. The van der Waals surface area contributed by atoms with Crippen LogP contribution in [0.2, 0.25) is 0 Å². The monoisotopic (exact) mass is 313 g/mol. The first-order chi connectivity index (χ1) is 10.0. The highest BCUT2D eigenvalue weighted by atomic mass is 32.2. The predicted molar refractivity (Wildman–Crippen MR) is 77.9 cm³/mol. The van der Waals surface area contributed by atoms with Crippen LogP contribution in [0.15, 0.2) is 24.3 Å². The van der Waals surface area contributed by atoms with Crippen LogP contribution in [-0.4, -0.2) is 32.9 Å². The SMILES string of the molecule is O=S(=O)(NC1CC1)[C@@H]1CCOC[C@@H]1Cc1cccc(F)c1. The molecule has 116 valence electrons. The van der Waals surface area contributed by atoms with Gasteiger partial charge in [0.25, 0.3) is 0 Å². The van der Waals surface area contributed by atoms with E-state index >= 15 is 0 Å². The number of nitrogens with one attached hydrogen (secondary N) is 1. The fourth-order valence-corrected chi connectivity index (χ4v) is 4.83. The average molecular weight is 313 g/mol. The van der Waals surface area contributed by atoms with E-state index in [1.165, 1.54) is 12.1 Å². The Morgan fingerprint density at radius 3 is 2.81 bits per heavy atom. The molecule has 0 bridgehead atoms. The van der Waals surface area contributed by atoms with Gasteiger partial charge in [-0.15, -0.1) is 0 Å². The van der Waals surface area contributed by atoms with E-state index in [0.29, 0.717) is 26.1 Å². The fourth-order valence-electron chi connectivity index (χ4n) is 2.86. The molecule has 0 amide bonds. The summed E-state index contributed by atoms with van der Waals surface area (Å²) in [5, 5.41) is -0.449. The van der Waals surface area contributed by atoms with E-state index in [2.05, 4.69) is 4.72 Å². The van der Waals surface area contributed by atoms with E-state index < -0.39 is 15.3 Å². The molecule has 1 aliphatic heterocycles. The van der Waals surface area contributed by atoms with Crippen LogP contribution in [0.5, 0.6) is 0 Å². The summed E-state index contributed by atoms with van der Waals surface area (Å²) in [5.74, 6) is -0.420. The molecule has 0 spiro atoms. The topological polar surface area (TPSA) is 55.4 Å². The van der Waals surface area contributed by atoms with Gasteiger partial charge in [-0.05, 0) is 43.4 Å². The van der Waals surface area contributed by atoms with Crippen molar-refractivity contribution in [2.75, 3.05) is 13.2 Å². The number of hydrogen-bond acceptors (Lipinski definition) is 3. The Balaban J connectivity index is 1.74. The molecule has 3 rings (SSSR count). The Morgan fingerprint density at radius 2 is 2.10 bits per heavy atom. The summed E-state index contributed by atoms with van der Waals surface area (Å²) in [7, 11) is -3.32. The van der Waals surface area contributed by atoms with Gasteiger partial charge < -0.3 is 4.74 Å². The van der Waals surface area contributed by atoms with Gasteiger partial charge in [0.2, 0.25) is 10.0 Å². The van der Waals surface area contributed by atoms with Crippen molar-refractivity contribution in [2.45, 2.75) is 37.0 Å². The van der Waals surface area contributed by atoms with E-state index in [0.717, 1.165) is 18.4 Å². The van der Waals surface area contributed by atoms with Crippen molar-refractivity contribution in [3.05, 3.63) is 35.6 Å². The largest absolute Gasteiger partial charge is 0.381 e. The highest BCUT2D eigenvalue weighted by molar-refractivity contribution is 7.90. The van der Waals surface area contributed by atoms with Gasteiger partial charge in [-0.2, -0.15) is 0 Å². The number of ether oxygens (including phenoxy) is 1. The lowest BCUT2D eigenvalue weighted by atomic mass is 9.93. The van der Waals surface area contributed by atoms with Crippen molar-refractivity contribution >= 4 is 10.0 Å². The summed E-state index contributed by atoms with van der Waals surface area (Å²) >= 11 is 0. The average Bonchev–Trinajstić information content (AvgIpc) is 3.22. The van der Waals surface area contributed by atoms with Crippen LogP contribution >= 0.6 is 0 Å². The third-order valence-corrected chi connectivity index (χ3v) is 6.18. The first-order valence-corrected chi connectivity index (χ1v) is 8.92. The third kappa shape index (κ3) is 3.81. The van der Waals surface area contributed by atoms with Gasteiger partial charge in [0, 0.05) is 18.6 Å². The molecule has 2 atom stereocenters. The normalized spacial score (nSPS) is 26.7. The van der Waals surface area contributed by atoms with Gasteiger partial charge >= 0.3 is 0 Å². The smallest absolute Gasteiger partial charge is 0.215 e. The van der Waals surface area contributed by atoms with Gasteiger partial charge in [0.1, 0.15) is 5.82 Å². The molecule has 1 aliphatic carbocycles. The molecular formula is C15H20FNO3S. The van der Waals surface area contributed by atoms with Crippen molar-refractivity contribution < 1.29 is 17.5 Å². The van der Waals surface area contributed by atoms with E-state index in [4.69, 9.17) is 4.74 Å². The summed E-state index contributed by atoms with van der Waals surface area (Å²) in [6.07, 6.45) is 2.88. The number of rotatable bonds is 5. The Bertz CT molecular complexity index is 601. The minimum Gasteiger partial charge on any atom is -0.381 e. The van der Waals surface area contributed by atoms with Crippen LogP contribution in [0.4, 0.5) is 4.39 Å². The molecule has 1 saturated carbocycles. The van der Waals surface area contributed by atoms with Crippen LogP contribution in [0, 0.1) is 11.7 Å². The minimum atomic E-state index is -3.32. The molecule has 2 fully saturated rings. The molecule has 6 heteroatoms. The molecule has 4 nitrogen and oxygen atoms in total. The summed E-state index contributed by atoms with van der Waals surface area (Å²) in [6.45, 7) is 0.878. The van der Waals surface area contributed by atoms with Crippen LogP contribution in [0.25, 0.3) is 0 Å². The second kappa shape index (κ2) is 6.02. The molecule has 1 N–H and O–H groups in total. The fraction of sp³-hybridized carbons (Fsp3) is 0.600. The maximum absolute atomic E-state index is 13.3. The molecule has 0 radical (unpaired) electrons. The highest BCUT2D eigenvalue weighted by Gasteiger charge is 2.39. The van der Waals surface area contributed by atoms with Gasteiger partial charge in [-0.25, -0.2) is 17.5 Å². The lowest BCUT2D eigenvalue weighted by molar-refractivity contribution is 0.0570. The lowest BCUT2D eigenvalue weighted by Gasteiger charge is -2.31. The summed E-state index contributed by atoms with van der Waals surface area (Å²) in [5.41, 5.74) is 0.817. The summed E-state index contributed by atoms with van der Waals surface area (Å²) in [6, 6.07) is 6.46. The zero-order valence-corrected chi connectivity index (χ0v) is 12.6. The maximum atomic E-state index is 13.3. The van der Waals surface area contributed by atoms with Gasteiger partial charge in [-0.3, -0.25) is 0 Å². The summed E-state index contributed by atoms with van der Waals surface area (Å²) in [4.78, 5) is 0. The molecule has 1 aromatic carbocycles. The van der Waals surface area contributed by atoms with Gasteiger partial charge in [0.05, 0.1) is 11.9 Å². The highest BCUT2D eigenvalue weighted by Crippen LogP contribution is 2.28. The zero-order valence-electron chi connectivity index (χ0n) is 11.8. The first-order valence-electron chi connectivity index (χ1n) is 7.38. The Hall–Kier alpha value is -0.980. The summed E-state index contributed by atoms with van der Waals surface area (Å²) < 4.78 is 46.4. The number of hydrogen-bond donors (Lipinski definition) is 1. The number of benzene rings is 1. The van der Waals surface area contributed by atoms with E-state index in [-0.39, 0.29) is 17.8 Å². The van der Waals surface area contributed by atoms with E-state index in [1.54, 1.807) is 6.07 Å². The third-order valence-electron chi connectivity index (χ3n) is 4.10. The zero-order chi connectivity index (χ0) is 14.9. The number of sulfonamides is 1. The Labute approximate surface area is 124 Å². The predicted octanol–water partition coefficient (Wildman–Crippen LogP) is 1.86. The molecule has 21 heavy (non-hydrogen) atoms. The maximum Gasteiger partial charge on any atom is 0.215 e. The quantitative estimate of drug-likeness (QED) is 0.902. The van der Waals surface area contributed by atoms with Crippen LogP contribution in [0.3, 0.4) is 0 Å². The molecule has 1 aromatic rings. The molecule has 0 unspecified atom stereocenters. The second-order valence-corrected chi connectivity index (χ2v) is 7.86. The van der Waals surface area contributed by atoms with Crippen LogP contribution < -0.4 is 4.72 Å². The molecule has 2 aliphatic rings. The lowest BCUT2D eigenvalue weighted by Crippen LogP contribution is -2.45. The van der Waals surface area contributed by atoms with Crippen molar-refractivity contribution in [2.24, 2.45) is 5.92 Å². The van der Waals surface area contributed by atoms with Gasteiger partial charge in [-0.1, -0.05) is 12.1 Å². The number of halogens is 1. The van der Waals surface area contributed by atoms with Gasteiger partial charge in [0.15, 0.2) is 0 Å². The van der Waals surface area contributed by atoms with Crippen LogP contribution in [-0.2, 0) is 21.2 Å². The molecule has 0 aromatic heterocycles. The Morgan fingerprint density at radius 1 is 1.29 bits per heavy atom. The van der Waals surface area contributed by atoms with Crippen molar-refractivity contribution in [1.82, 2.24) is 4.72 Å². The van der Waals surface area contributed by atoms with E-state index in [9.17, 15) is 12.8 Å². The minimum absolute atomic E-state index is 0.118. The standard InChI is InChI=1S/C15H20FNO3S/c16-13-3-1-2-11(9-13)8-12-10-20-7-6-15(12)21(18,19)17-14-4-5-14/h1-3,9,12,14-15,17H,4-8,10H2/t12-,15+/m0/s1. The van der Waals surface area contributed by atoms with Crippen LogP contribution in [0.1, 0.15) is 24.8 Å². The van der Waals surface area contributed by atoms with Crippen molar-refractivity contribution in [3.8, 4) is 0 Å².